The fraction of sp³-hybridized carbons (Fsp3) is 0.316. The lowest BCUT2D eigenvalue weighted by Gasteiger charge is -2.13. The molecule has 132 valence electrons. The van der Waals surface area contributed by atoms with Crippen molar-refractivity contribution in [1.29, 1.82) is 0 Å². The molecule has 0 spiro atoms. The molecule has 0 bridgehead atoms. The molecule has 1 atom stereocenters. The zero-order valence-electron chi connectivity index (χ0n) is 14.1. The molecule has 1 N–H and O–H groups in total. The number of benzene rings is 2. The quantitative estimate of drug-likeness (QED) is 0.872. The molecular weight excluding hydrogens is 354 g/mol. The van der Waals surface area contributed by atoms with Crippen LogP contribution in [0.3, 0.4) is 0 Å². The first-order chi connectivity index (χ1) is 11.9. The second kappa shape index (κ2) is 7.62. The molecule has 1 amide bonds. The Balaban J connectivity index is 1.70. The van der Waals surface area contributed by atoms with E-state index in [-0.39, 0.29) is 22.7 Å². The van der Waals surface area contributed by atoms with E-state index < -0.39 is 9.84 Å². The van der Waals surface area contributed by atoms with Gasteiger partial charge < -0.3 is 5.32 Å². The van der Waals surface area contributed by atoms with Gasteiger partial charge in [0.05, 0.1) is 17.1 Å². The van der Waals surface area contributed by atoms with E-state index in [2.05, 4.69) is 5.32 Å². The Bertz CT molecular complexity index is 878. The standard InChI is InChI=1S/C19H21NO3S2/c1-14-6-2-3-7-15(14)12-20-19(21)17-8-4-5-9-18(17)24-16-10-11-25(22,23)13-16/h2-9,16H,10-13H2,1H3,(H,20,21)/t16-/m0/s1. The average molecular weight is 376 g/mol. The first kappa shape index (κ1) is 18.0. The summed E-state index contributed by atoms with van der Waals surface area (Å²) in [5, 5.41) is 2.99. The lowest BCUT2D eigenvalue weighted by Crippen LogP contribution is -2.24. The molecule has 1 fully saturated rings. The molecule has 1 aliphatic rings. The number of sulfone groups is 1. The van der Waals surface area contributed by atoms with Crippen LogP contribution in [0, 0.1) is 6.92 Å². The maximum atomic E-state index is 12.6. The molecule has 2 aromatic rings. The van der Waals surface area contributed by atoms with E-state index in [0.717, 1.165) is 16.0 Å². The average Bonchev–Trinajstić information content (AvgIpc) is 2.93. The van der Waals surface area contributed by atoms with Crippen LogP contribution in [0.25, 0.3) is 0 Å². The molecule has 1 heterocycles. The third kappa shape index (κ3) is 4.64. The van der Waals surface area contributed by atoms with Gasteiger partial charge in [-0.05, 0) is 36.6 Å². The van der Waals surface area contributed by atoms with Crippen molar-refractivity contribution in [3.05, 3.63) is 65.2 Å². The molecule has 0 radical (unpaired) electrons. The second-order valence-electron chi connectivity index (χ2n) is 6.25. The zero-order chi connectivity index (χ0) is 17.9. The van der Waals surface area contributed by atoms with E-state index in [1.54, 1.807) is 6.07 Å². The first-order valence-corrected chi connectivity index (χ1v) is 10.9. The van der Waals surface area contributed by atoms with Gasteiger partial charge in [-0.2, -0.15) is 0 Å². The zero-order valence-corrected chi connectivity index (χ0v) is 15.7. The summed E-state index contributed by atoms with van der Waals surface area (Å²) in [6, 6.07) is 15.3. The number of nitrogens with one attached hydrogen (secondary N) is 1. The number of aryl methyl sites for hydroxylation is 1. The number of carbonyl (C=O) groups is 1. The molecule has 1 saturated heterocycles. The topological polar surface area (TPSA) is 63.2 Å². The third-order valence-corrected chi connectivity index (χ3v) is 7.64. The normalized spacial score (nSPS) is 18.8. The maximum absolute atomic E-state index is 12.6. The highest BCUT2D eigenvalue weighted by atomic mass is 32.2. The van der Waals surface area contributed by atoms with Crippen LogP contribution in [0.1, 0.15) is 27.9 Å². The van der Waals surface area contributed by atoms with Crippen LogP contribution in [0.2, 0.25) is 0 Å². The lowest BCUT2D eigenvalue weighted by atomic mass is 10.1. The number of amides is 1. The van der Waals surface area contributed by atoms with Gasteiger partial charge in [-0.15, -0.1) is 11.8 Å². The Hall–Kier alpha value is -1.79. The highest BCUT2D eigenvalue weighted by Gasteiger charge is 2.29. The van der Waals surface area contributed by atoms with Gasteiger partial charge in [-0.25, -0.2) is 8.42 Å². The fourth-order valence-corrected chi connectivity index (χ4v) is 6.50. The van der Waals surface area contributed by atoms with Crippen molar-refractivity contribution in [3.63, 3.8) is 0 Å². The first-order valence-electron chi connectivity index (χ1n) is 8.23. The fourth-order valence-electron chi connectivity index (χ4n) is 2.87. The molecule has 2 aromatic carbocycles. The molecule has 0 unspecified atom stereocenters. The smallest absolute Gasteiger partial charge is 0.252 e. The van der Waals surface area contributed by atoms with Gasteiger partial charge in [-0.3, -0.25) is 4.79 Å². The summed E-state index contributed by atoms with van der Waals surface area (Å²) in [5.41, 5.74) is 2.83. The van der Waals surface area contributed by atoms with Gasteiger partial charge in [0.2, 0.25) is 0 Å². The Kier molecular flexibility index (Phi) is 5.49. The molecule has 4 nitrogen and oxygen atoms in total. The van der Waals surface area contributed by atoms with Crippen LogP contribution in [-0.4, -0.2) is 31.1 Å². The van der Waals surface area contributed by atoms with Gasteiger partial charge in [-0.1, -0.05) is 36.4 Å². The summed E-state index contributed by atoms with van der Waals surface area (Å²) in [6.45, 7) is 2.49. The van der Waals surface area contributed by atoms with Gasteiger partial charge in [0.25, 0.3) is 5.91 Å². The summed E-state index contributed by atoms with van der Waals surface area (Å²) >= 11 is 1.49. The summed E-state index contributed by atoms with van der Waals surface area (Å²) in [7, 11) is -2.92. The van der Waals surface area contributed by atoms with Crippen LogP contribution >= 0.6 is 11.8 Å². The van der Waals surface area contributed by atoms with Gasteiger partial charge in [0.15, 0.2) is 9.84 Å². The van der Waals surface area contributed by atoms with E-state index in [1.165, 1.54) is 11.8 Å². The Labute approximate surface area is 152 Å². The van der Waals surface area contributed by atoms with Crippen molar-refractivity contribution >= 4 is 27.5 Å². The molecule has 0 saturated carbocycles. The van der Waals surface area contributed by atoms with Crippen molar-refractivity contribution in [2.45, 2.75) is 30.0 Å². The number of rotatable bonds is 5. The van der Waals surface area contributed by atoms with Crippen molar-refractivity contribution in [2.75, 3.05) is 11.5 Å². The minimum Gasteiger partial charge on any atom is -0.348 e. The Morgan fingerprint density at radius 3 is 2.60 bits per heavy atom. The minimum absolute atomic E-state index is 0.0234. The van der Waals surface area contributed by atoms with E-state index in [0.29, 0.717) is 18.5 Å². The van der Waals surface area contributed by atoms with E-state index >= 15 is 0 Å². The van der Waals surface area contributed by atoms with Gasteiger partial charge in [0.1, 0.15) is 0 Å². The van der Waals surface area contributed by atoms with Crippen LogP contribution in [-0.2, 0) is 16.4 Å². The van der Waals surface area contributed by atoms with E-state index in [9.17, 15) is 13.2 Å². The monoisotopic (exact) mass is 375 g/mol. The molecule has 1 aliphatic heterocycles. The van der Waals surface area contributed by atoms with Crippen LogP contribution in [0.4, 0.5) is 0 Å². The van der Waals surface area contributed by atoms with E-state index in [4.69, 9.17) is 0 Å². The largest absolute Gasteiger partial charge is 0.348 e. The van der Waals surface area contributed by atoms with Crippen LogP contribution < -0.4 is 5.32 Å². The lowest BCUT2D eigenvalue weighted by molar-refractivity contribution is 0.0948. The predicted molar refractivity (Wildman–Crippen MR) is 102 cm³/mol. The molecule has 6 heteroatoms. The van der Waals surface area contributed by atoms with Gasteiger partial charge in [0, 0.05) is 16.7 Å². The highest BCUT2D eigenvalue weighted by Crippen LogP contribution is 2.33. The molecule has 0 aromatic heterocycles. The Morgan fingerprint density at radius 1 is 1.16 bits per heavy atom. The SMILES string of the molecule is Cc1ccccc1CNC(=O)c1ccccc1S[C@H]1CCS(=O)(=O)C1. The molecule has 25 heavy (non-hydrogen) atoms. The molecular formula is C19H21NO3S2. The maximum Gasteiger partial charge on any atom is 0.252 e. The number of carbonyl (C=O) groups excluding carboxylic acids is 1. The van der Waals surface area contributed by atoms with Crippen LogP contribution in [0.5, 0.6) is 0 Å². The molecule has 0 aliphatic carbocycles. The van der Waals surface area contributed by atoms with Crippen molar-refractivity contribution in [1.82, 2.24) is 5.32 Å². The summed E-state index contributed by atoms with van der Waals surface area (Å²) in [5.74, 6) is 0.301. The molecule has 3 rings (SSSR count). The van der Waals surface area contributed by atoms with Crippen molar-refractivity contribution < 1.29 is 13.2 Å². The van der Waals surface area contributed by atoms with Crippen molar-refractivity contribution in [2.24, 2.45) is 0 Å². The second-order valence-corrected chi connectivity index (χ2v) is 9.82. The number of hydrogen-bond donors (Lipinski definition) is 1. The summed E-state index contributed by atoms with van der Waals surface area (Å²) in [6.07, 6.45) is 0.645. The van der Waals surface area contributed by atoms with E-state index in [1.807, 2.05) is 49.4 Å². The summed E-state index contributed by atoms with van der Waals surface area (Å²) in [4.78, 5) is 13.4. The highest BCUT2D eigenvalue weighted by molar-refractivity contribution is 8.02. The Morgan fingerprint density at radius 2 is 1.88 bits per heavy atom. The number of thioether (sulfide) groups is 1. The summed E-state index contributed by atoms with van der Waals surface area (Å²) < 4.78 is 23.3. The van der Waals surface area contributed by atoms with Gasteiger partial charge >= 0.3 is 0 Å². The van der Waals surface area contributed by atoms with Crippen LogP contribution in [0.15, 0.2) is 53.4 Å². The minimum atomic E-state index is -2.92. The number of hydrogen-bond acceptors (Lipinski definition) is 4. The third-order valence-electron chi connectivity index (χ3n) is 4.32. The van der Waals surface area contributed by atoms with Crippen molar-refractivity contribution in [3.8, 4) is 0 Å². The predicted octanol–water partition coefficient (Wildman–Crippen LogP) is 3.20.